The molecule has 2 fully saturated rings. The van der Waals surface area contributed by atoms with E-state index in [1.54, 1.807) is 0 Å². The third-order valence-corrected chi connectivity index (χ3v) is 4.92. The van der Waals surface area contributed by atoms with Crippen LogP contribution in [0.2, 0.25) is 0 Å². The predicted octanol–water partition coefficient (Wildman–Crippen LogP) is 4.14. The lowest BCUT2D eigenvalue weighted by molar-refractivity contribution is -0.0427. The summed E-state index contributed by atoms with van der Waals surface area (Å²) < 4.78 is 6.26. The number of rotatable bonds is 2. The first-order chi connectivity index (χ1) is 7.15. The van der Waals surface area contributed by atoms with E-state index in [0.717, 1.165) is 11.8 Å². The molecule has 0 spiro atoms. The van der Waals surface area contributed by atoms with Crippen LogP contribution in [0.25, 0.3) is 0 Å². The Bertz CT molecular complexity index is 197. The molecule has 0 aliphatic heterocycles. The predicted molar refractivity (Wildman–Crippen MR) is 67.4 cm³/mol. The van der Waals surface area contributed by atoms with Gasteiger partial charge in [0, 0.05) is 4.83 Å². The van der Waals surface area contributed by atoms with Crippen LogP contribution >= 0.6 is 15.9 Å². The SMILES string of the molecule is CC1CC(C)CC(OC2CCCC2Br)C1. The Hall–Kier alpha value is 0.440. The Kier molecular flexibility index (Phi) is 4.11. The molecule has 2 saturated carbocycles. The summed E-state index contributed by atoms with van der Waals surface area (Å²) in [6.45, 7) is 4.73. The molecular weight excluding hydrogens is 252 g/mol. The molecule has 2 rings (SSSR count). The van der Waals surface area contributed by atoms with Crippen molar-refractivity contribution in [2.75, 3.05) is 0 Å². The molecule has 0 N–H and O–H groups in total. The topological polar surface area (TPSA) is 9.23 Å². The second kappa shape index (κ2) is 5.18. The standard InChI is InChI=1S/C13H23BrO/c1-9-6-10(2)8-11(7-9)15-13-5-3-4-12(13)14/h9-13H,3-8H2,1-2H3. The van der Waals surface area contributed by atoms with Crippen LogP contribution in [-0.2, 0) is 4.74 Å². The molecule has 2 aliphatic rings. The van der Waals surface area contributed by atoms with E-state index in [2.05, 4.69) is 29.8 Å². The van der Waals surface area contributed by atoms with Gasteiger partial charge in [0.2, 0.25) is 0 Å². The van der Waals surface area contributed by atoms with Gasteiger partial charge < -0.3 is 4.74 Å². The first-order valence-electron chi connectivity index (χ1n) is 6.44. The van der Waals surface area contributed by atoms with Gasteiger partial charge in [-0.2, -0.15) is 0 Å². The first-order valence-corrected chi connectivity index (χ1v) is 7.36. The Morgan fingerprint density at radius 2 is 1.67 bits per heavy atom. The maximum atomic E-state index is 6.26. The van der Waals surface area contributed by atoms with Gasteiger partial charge in [-0.05, 0) is 50.4 Å². The minimum absolute atomic E-state index is 0.493. The Labute approximate surface area is 102 Å². The van der Waals surface area contributed by atoms with E-state index in [1.165, 1.54) is 38.5 Å². The van der Waals surface area contributed by atoms with Gasteiger partial charge in [0.1, 0.15) is 0 Å². The second-order valence-electron chi connectivity index (χ2n) is 5.66. The van der Waals surface area contributed by atoms with Crippen molar-refractivity contribution in [1.29, 1.82) is 0 Å². The zero-order valence-corrected chi connectivity index (χ0v) is 11.5. The van der Waals surface area contributed by atoms with Crippen LogP contribution in [0.15, 0.2) is 0 Å². The molecular formula is C13H23BrO. The van der Waals surface area contributed by atoms with Gasteiger partial charge >= 0.3 is 0 Å². The van der Waals surface area contributed by atoms with E-state index in [9.17, 15) is 0 Å². The molecule has 0 aromatic heterocycles. The van der Waals surface area contributed by atoms with Gasteiger partial charge in [0.05, 0.1) is 12.2 Å². The van der Waals surface area contributed by atoms with E-state index < -0.39 is 0 Å². The van der Waals surface area contributed by atoms with Crippen LogP contribution in [0.3, 0.4) is 0 Å². The third kappa shape index (κ3) is 3.20. The lowest BCUT2D eigenvalue weighted by atomic mass is 9.81. The molecule has 4 unspecified atom stereocenters. The highest BCUT2D eigenvalue weighted by Gasteiger charge is 2.31. The second-order valence-corrected chi connectivity index (χ2v) is 6.84. The fourth-order valence-electron chi connectivity index (χ4n) is 3.27. The molecule has 1 nitrogen and oxygen atoms in total. The number of ether oxygens (including phenoxy) is 1. The zero-order valence-electron chi connectivity index (χ0n) is 9.92. The normalized spacial score (nSPS) is 47.0. The first kappa shape index (κ1) is 11.9. The van der Waals surface area contributed by atoms with Crippen molar-refractivity contribution in [3.8, 4) is 0 Å². The highest BCUT2D eigenvalue weighted by Crippen LogP contribution is 2.35. The van der Waals surface area contributed by atoms with Crippen molar-refractivity contribution < 1.29 is 4.74 Å². The van der Waals surface area contributed by atoms with Gasteiger partial charge in [0.25, 0.3) is 0 Å². The summed E-state index contributed by atoms with van der Waals surface area (Å²) in [7, 11) is 0. The van der Waals surface area contributed by atoms with Crippen LogP contribution in [-0.4, -0.2) is 17.0 Å². The summed E-state index contributed by atoms with van der Waals surface area (Å²) in [6, 6.07) is 0. The summed E-state index contributed by atoms with van der Waals surface area (Å²) in [4.78, 5) is 0.616. The smallest absolute Gasteiger partial charge is 0.0703 e. The quantitative estimate of drug-likeness (QED) is 0.688. The molecule has 0 aromatic rings. The zero-order chi connectivity index (χ0) is 10.8. The summed E-state index contributed by atoms with van der Waals surface area (Å²) in [5.74, 6) is 1.71. The van der Waals surface area contributed by atoms with Crippen molar-refractivity contribution in [3.05, 3.63) is 0 Å². The van der Waals surface area contributed by atoms with Gasteiger partial charge in [0.15, 0.2) is 0 Å². The number of alkyl halides is 1. The molecule has 0 aromatic carbocycles. The molecule has 0 saturated heterocycles. The molecule has 2 heteroatoms. The summed E-state index contributed by atoms with van der Waals surface area (Å²) in [5.41, 5.74) is 0. The largest absolute Gasteiger partial charge is 0.374 e. The summed E-state index contributed by atoms with van der Waals surface area (Å²) in [5, 5.41) is 0. The highest BCUT2D eigenvalue weighted by atomic mass is 79.9. The van der Waals surface area contributed by atoms with Gasteiger partial charge in [-0.25, -0.2) is 0 Å². The molecule has 2 aliphatic carbocycles. The van der Waals surface area contributed by atoms with Crippen LogP contribution < -0.4 is 0 Å². The molecule has 0 radical (unpaired) electrons. The van der Waals surface area contributed by atoms with Crippen molar-refractivity contribution in [2.45, 2.75) is 69.4 Å². The Morgan fingerprint density at radius 3 is 2.20 bits per heavy atom. The van der Waals surface area contributed by atoms with E-state index in [1.807, 2.05) is 0 Å². The maximum Gasteiger partial charge on any atom is 0.0703 e. The van der Waals surface area contributed by atoms with Gasteiger partial charge in [-0.1, -0.05) is 29.8 Å². The average molecular weight is 275 g/mol. The van der Waals surface area contributed by atoms with Gasteiger partial charge in [-0.15, -0.1) is 0 Å². The van der Waals surface area contributed by atoms with Crippen LogP contribution in [0, 0.1) is 11.8 Å². The van der Waals surface area contributed by atoms with E-state index >= 15 is 0 Å². The molecule has 4 atom stereocenters. The van der Waals surface area contributed by atoms with Crippen molar-refractivity contribution >= 4 is 15.9 Å². The Morgan fingerprint density at radius 1 is 1.00 bits per heavy atom. The maximum absolute atomic E-state index is 6.26. The average Bonchev–Trinajstić information content (AvgIpc) is 2.50. The number of hydrogen-bond donors (Lipinski definition) is 0. The van der Waals surface area contributed by atoms with Crippen LogP contribution in [0.5, 0.6) is 0 Å². The molecule has 0 bridgehead atoms. The highest BCUT2D eigenvalue weighted by molar-refractivity contribution is 9.09. The monoisotopic (exact) mass is 274 g/mol. The fraction of sp³-hybridized carbons (Fsp3) is 1.00. The van der Waals surface area contributed by atoms with Crippen LogP contribution in [0.1, 0.15) is 52.4 Å². The molecule has 0 heterocycles. The molecule has 0 amide bonds. The fourth-order valence-corrected chi connectivity index (χ4v) is 3.98. The molecule has 88 valence electrons. The minimum atomic E-state index is 0.493. The van der Waals surface area contributed by atoms with E-state index in [0.29, 0.717) is 17.0 Å². The van der Waals surface area contributed by atoms with Crippen LogP contribution in [0.4, 0.5) is 0 Å². The van der Waals surface area contributed by atoms with Crippen molar-refractivity contribution in [3.63, 3.8) is 0 Å². The third-order valence-electron chi connectivity index (χ3n) is 3.87. The summed E-state index contributed by atoms with van der Waals surface area (Å²) in [6.07, 6.45) is 8.86. The van der Waals surface area contributed by atoms with E-state index in [4.69, 9.17) is 4.74 Å². The number of hydrogen-bond acceptors (Lipinski definition) is 1. The lowest BCUT2D eigenvalue weighted by Crippen LogP contribution is -2.31. The van der Waals surface area contributed by atoms with Crippen molar-refractivity contribution in [2.24, 2.45) is 11.8 Å². The number of halogens is 1. The molecule has 15 heavy (non-hydrogen) atoms. The summed E-state index contributed by atoms with van der Waals surface area (Å²) >= 11 is 3.74. The Balaban J connectivity index is 1.83. The van der Waals surface area contributed by atoms with Gasteiger partial charge in [-0.3, -0.25) is 0 Å². The van der Waals surface area contributed by atoms with E-state index in [-0.39, 0.29) is 0 Å². The lowest BCUT2D eigenvalue weighted by Gasteiger charge is -2.33. The van der Waals surface area contributed by atoms with Crippen molar-refractivity contribution in [1.82, 2.24) is 0 Å². The minimum Gasteiger partial charge on any atom is -0.374 e.